The highest BCUT2D eigenvalue weighted by molar-refractivity contribution is 7.89. The fourth-order valence-electron chi connectivity index (χ4n) is 2.11. The molecule has 0 radical (unpaired) electrons. The van der Waals surface area contributed by atoms with Gasteiger partial charge < -0.3 is 5.11 Å². The van der Waals surface area contributed by atoms with Gasteiger partial charge in [0.2, 0.25) is 10.0 Å². The van der Waals surface area contributed by atoms with Crippen LogP contribution in [0.25, 0.3) is 0 Å². The van der Waals surface area contributed by atoms with Crippen molar-refractivity contribution < 1.29 is 22.3 Å². The minimum absolute atomic E-state index is 0.275. The number of sulfonamides is 1. The highest BCUT2D eigenvalue weighted by Crippen LogP contribution is 2.26. The van der Waals surface area contributed by atoms with E-state index < -0.39 is 33.2 Å². The van der Waals surface area contributed by atoms with Gasteiger partial charge in [0, 0.05) is 19.2 Å². The van der Waals surface area contributed by atoms with Crippen LogP contribution in [0.2, 0.25) is 0 Å². The molecule has 1 N–H and O–H groups in total. The molecule has 0 aromatic heterocycles. The van der Waals surface area contributed by atoms with Crippen LogP contribution in [-0.4, -0.2) is 37.5 Å². The van der Waals surface area contributed by atoms with E-state index in [1.165, 1.54) is 0 Å². The van der Waals surface area contributed by atoms with E-state index in [4.69, 9.17) is 5.11 Å². The van der Waals surface area contributed by atoms with Crippen molar-refractivity contribution in [3.63, 3.8) is 0 Å². The van der Waals surface area contributed by atoms with Gasteiger partial charge in [0.05, 0.1) is 5.56 Å². The van der Waals surface area contributed by atoms with Crippen LogP contribution in [0.5, 0.6) is 0 Å². The van der Waals surface area contributed by atoms with Gasteiger partial charge in [-0.15, -0.1) is 0 Å². The molecule has 0 bridgehead atoms. The van der Waals surface area contributed by atoms with E-state index in [9.17, 15) is 17.2 Å². The third-order valence-corrected chi connectivity index (χ3v) is 4.95. The second kappa shape index (κ2) is 5.87. The average molecular weight is 301 g/mol. The van der Waals surface area contributed by atoms with Gasteiger partial charge in [-0.1, -0.05) is 11.8 Å². The van der Waals surface area contributed by atoms with Crippen LogP contribution in [0.3, 0.4) is 0 Å². The summed E-state index contributed by atoms with van der Waals surface area (Å²) in [6.07, 6.45) is 1.42. The molecule has 1 aliphatic rings. The zero-order valence-corrected chi connectivity index (χ0v) is 11.4. The smallest absolute Gasteiger partial charge is 0.247 e. The summed E-state index contributed by atoms with van der Waals surface area (Å²) in [5.74, 6) is 2.42. The number of rotatable bonds is 2. The monoisotopic (exact) mass is 301 g/mol. The van der Waals surface area contributed by atoms with Gasteiger partial charge in [-0.3, -0.25) is 0 Å². The van der Waals surface area contributed by atoms with Gasteiger partial charge in [0.15, 0.2) is 0 Å². The summed E-state index contributed by atoms with van der Waals surface area (Å²) in [6, 6.07) is 1.38. The van der Waals surface area contributed by atoms with E-state index in [0.717, 1.165) is 10.4 Å². The lowest BCUT2D eigenvalue weighted by molar-refractivity contribution is 0.350. The van der Waals surface area contributed by atoms with Gasteiger partial charge in [-0.05, 0) is 18.9 Å². The second-order valence-corrected chi connectivity index (χ2v) is 6.21. The number of halogens is 2. The molecule has 0 atom stereocenters. The van der Waals surface area contributed by atoms with Crippen molar-refractivity contribution in [3.8, 4) is 11.8 Å². The van der Waals surface area contributed by atoms with Crippen LogP contribution in [0.4, 0.5) is 8.78 Å². The summed E-state index contributed by atoms with van der Waals surface area (Å²) in [7, 11) is -4.04. The van der Waals surface area contributed by atoms with Crippen LogP contribution in [0.15, 0.2) is 17.0 Å². The number of hydrogen-bond donors (Lipinski definition) is 1. The Labute approximate surface area is 116 Å². The van der Waals surface area contributed by atoms with Crippen molar-refractivity contribution >= 4 is 10.0 Å². The summed E-state index contributed by atoms with van der Waals surface area (Å²) >= 11 is 0. The molecule has 7 heteroatoms. The zero-order valence-electron chi connectivity index (χ0n) is 10.6. The first kappa shape index (κ1) is 14.9. The second-order valence-electron chi connectivity index (χ2n) is 4.34. The molecule has 1 aromatic carbocycles. The number of nitrogens with zero attached hydrogens (tertiary/aromatic N) is 1. The predicted molar refractivity (Wildman–Crippen MR) is 68.3 cm³/mol. The van der Waals surface area contributed by atoms with Crippen molar-refractivity contribution in [2.75, 3.05) is 19.7 Å². The number of benzene rings is 1. The van der Waals surface area contributed by atoms with Crippen LogP contribution in [-0.2, 0) is 10.0 Å². The number of aliphatic hydroxyl groups is 1. The summed E-state index contributed by atoms with van der Waals surface area (Å²) in [5.41, 5.74) is -0.275. The molecule has 0 aliphatic carbocycles. The molecule has 1 aliphatic heterocycles. The molecule has 2 rings (SSSR count). The summed E-state index contributed by atoms with van der Waals surface area (Å²) in [6.45, 7) is 0.0966. The Bertz CT molecular complexity index is 671. The van der Waals surface area contributed by atoms with E-state index in [1.54, 1.807) is 0 Å². The van der Waals surface area contributed by atoms with Crippen molar-refractivity contribution in [3.05, 3.63) is 29.3 Å². The molecule has 0 amide bonds. The summed E-state index contributed by atoms with van der Waals surface area (Å²) in [5, 5.41) is 8.65. The topological polar surface area (TPSA) is 57.6 Å². The Morgan fingerprint density at radius 3 is 2.50 bits per heavy atom. The lowest BCUT2D eigenvalue weighted by atomic mass is 10.2. The molecular formula is C13H13F2NO3S. The third kappa shape index (κ3) is 2.82. The first-order valence-corrected chi connectivity index (χ1v) is 7.49. The Morgan fingerprint density at radius 2 is 1.90 bits per heavy atom. The maximum atomic E-state index is 13.9. The van der Waals surface area contributed by atoms with Gasteiger partial charge in [0.25, 0.3) is 0 Å². The molecule has 20 heavy (non-hydrogen) atoms. The fourth-order valence-corrected chi connectivity index (χ4v) is 3.80. The average Bonchev–Trinajstić information content (AvgIpc) is 2.89. The Kier molecular flexibility index (Phi) is 4.38. The minimum atomic E-state index is -4.04. The van der Waals surface area contributed by atoms with Crippen molar-refractivity contribution in [2.45, 2.75) is 17.7 Å². The van der Waals surface area contributed by atoms with E-state index >= 15 is 0 Å². The maximum absolute atomic E-state index is 13.9. The lowest BCUT2D eigenvalue weighted by Crippen LogP contribution is -2.29. The summed E-state index contributed by atoms with van der Waals surface area (Å²) in [4.78, 5) is -0.623. The van der Waals surface area contributed by atoms with Gasteiger partial charge >= 0.3 is 0 Å². The Balaban J connectivity index is 2.60. The first-order chi connectivity index (χ1) is 9.46. The number of hydrogen-bond acceptors (Lipinski definition) is 3. The predicted octanol–water partition coefficient (Wildman–Crippen LogP) is 1.09. The van der Waals surface area contributed by atoms with Crippen LogP contribution < -0.4 is 0 Å². The Morgan fingerprint density at radius 1 is 1.25 bits per heavy atom. The van der Waals surface area contributed by atoms with Crippen molar-refractivity contribution in [1.82, 2.24) is 4.31 Å². The molecule has 0 spiro atoms. The van der Waals surface area contributed by atoms with Crippen molar-refractivity contribution in [1.29, 1.82) is 0 Å². The molecular weight excluding hydrogens is 288 g/mol. The van der Waals surface area contributed by atoms with E-state index in [1.807, 2.05) is 0 Å². The fraction of sp³-hybridized carbons (Fsp3) is 0.385. The van der Waals surface area contributed by atoms with E-state index in [2.05, 4.69) is 11.8 Å². The Hall–Kier alpha value is -1.49. The molecule has 0 unspecified atom stereocenters. The molecule has 1 saturated heterocycles. The lowest BCUT2D eigenvalue weighted by Gasteiger charge is -2.17. The quantitative estimate of drug-likeness (QED) is 0.832. The molecule has 1 fully saturated rings. The third-order valence-electron chi connectivity index (χ3n) is 2.97. The van der Waals surface area contributed by atoms with Gasteiger partial charge in [0.1, 0.15) is 23.1 Å². The van der Waals surface area contributed by atoms with Gasteiger partial charge in [-0.25, -0.2) is 17.2 Å². The standard InChI is InChI=1S/C13H13F2NO3S/c14-11-8-10(4-3-7-17)13(12(15)9-11)20(18,19)16-5-1-2-6-16/h8-9,17H,1-2,5-7H2. The van der Waals surface area contributed by atoms with E-state index in [-0.39, 0.29) is 5.56 Å². The molecule has 108 valence electrons. The number of aliphatic hydroxyl groups excluding tert-OH is 1. The van der Waals surface area contributed by atoms with Crippen molar-refractivity contribution in [2.24, 2.45) is 0 Å². The van der Waals surface area contributed by atoms with E-state index in [0.29, 0.717) is 32.0 Å². The van der Waals surface area contributed by atoms with Crippen LogP contribution in [0.1, 0.15) is 18.4 Å². The van der Waals surface area contributed by atoms with Crippen LogP contribution >= 0.6 is 0 Å². The zero-order chi connectivity index (χ0) is 14.8. The largest absolute Gasteiger partial charge is 0.384 e. The minimum Gasteiger partial charge on any atom is -0.384 e. The van der Waals surface area contributed by atoms with Crippen LogP contribution in [0, 0.1) is 23.5 Å². The molecule has 4 nitrogen and oxygen atoms in total. The highest BCUT2D eigenvalue weighted by Gasteiger charge is 2.32. The molecule has 0 saturated carbocycles. The molecule has 1 aromatic rings. The SMILES string of the molecule is O=S(=O)(c1c(F)cc(F)cc1C#CCO)N1CCCC1. The summed E-state index contributed by atoms with van der Waals surface area (Å²) < 4.78 is 53.1. The normalized spacial score (nSPS) is 15.9. The maximum Gasteiger partial charge on any atom is 0.247 e. The first-order valence-electron chi connectivity index (χ1n) is 6.05. The highest BCUT2D eigenvalue weighted by atomic mass is 32.2. The van der Waals surface area contributed by atoms with Gasteiger partial charge in [-0.2, -0.15) is 4.31 Å². The molecule has 1 heterocycles.